The monoisotopic (exact) mass is 333 g/mol. The molecule has 122 valence electrons. The molecule has 2 aromatic carbocycles. The molecule has 4 nitrogen and oxygen atoms in total. The van der Waals surface area contributed by atoms with Gasteiger partial charge in [-0.05, 0) is 17.7 Å². The zero-order valence-electron chi connectivity index (χ0n) is 13.0. The first-order valence-corrected chi connectivity index (χ1v) is 8.04. The first kappa shape index (κ1) is 16.1. The summed E-state index contributed by atoms with van der Waals surface area (Å²) in [5.41, 5.74) is 1.06. The largest absolute Gasteiger partial charge is 0.491 e. The van der Waals surface area contributed by atoms with Crippen molar-refractivity contribution in [1.82, 2.24) is 5.32 Å². The molecule has 1 aliphatic rings. The predicted octanol–water partition coefficient (Wildman–Crippen LogP) is 3.46. The van der Waals surface area contributed by atoms with E-state index >= 15 is 0 Å². The molecule has 1 fully saturated rings. The van der Waals surface area contributed by atoms with Gasteiger partial charge in [-0.25, -0.2) is 0 Å². The zero-order chi connectivity index (χ0) is 16.1. The van der Waals surface area contributed by atoms with Crippen LogP contribution in [-0.2, 0) is 4.74 Å². The number of halogens is 1. The van der Waals surface area contributed by atoms with Crippen LogP contribution in [0.4, 0.5) is 0 Å². The van der Waals surface area contributed by atoms with Crippen molar-refractivity contribution in [3.05, 3.63) is 59.1 Å². The molecule has 0 aromatic heterocycles. The number of hydrogen-bond acceptors (Lipinski definition) is 4. The summed E-state index contributed by atoms with van der Waals surface area (Å²) in [7, 11) is 1.59. The predicted molar refractivity (Wildman–Crippen MR) is 90.4 cm³/mol. The number of para-hydroxylation sites is 1. The molecular weight excluding hydrogens is 314 g/mol. The van der Waals surface area contributed by atoms with Crippen molar-refractivity contribution in [2.75, 3.05) is 26.8 Å². The van der Waals surface area contributed by atoms with Gasteiger partial charge in [-0.3, -0.25) is 0 Å². The summed E-state index contributed by atoms with van der Waals surface area (Å²) in [4.78, 5) is 0. The molecule has 0 aliphatic carbocycles. The quantitative estimate of drug-likeness (QED) is 0.909. The molecule has 2 unspecified atom stereocenters. The van der Waals surface area contributed by atoms with Gasteiger partial charge < -0.3 is 19.5 Å². The van der Waals surface area contributed by atoms with Gasteiger partial charge in [0.2, 0.25) is 0 Å². The fourth-order valence-corrected chi connectivity index (χ4v) is 2.94. The third kappa shape index (κ3) is 3.78. The summed E-state index contributed by atoms with van der Waals surface area (Å²) < 4.78 is 17.6. The fourth-order valence-electron chi connectivity index (χ4n) is 2.70. The van der Waals surface area contributed by atoms with Crippen LogP contribution in [0.1, 0.15) is 11.7 Å². The normalized spacial score (nSPS) is 19.1. The van der Waals surface area contributed by atoms with E-state index in [1.54, 1.807) is 13.2 Å². The van der Waals surface area contributed by atoms with Gasteiger partial charge in [0, 0.05) is 13.1 Å². The second-order valence-corrected chi connectivity index (χ2v) is 5.74. The highest BCUT2D eigenvalue weighted by atomic mass is 35.5. The van der Waals surface area contributed by atoms with Crippen LogP contribution >= 0.6 is 11.6 Å². The molecule has 1 saturated heterocycles. The molecule has 0 spiro atoms. The van der Waals surface area contributed by atoms with Crippen LogP contribution in [0.2, 0.25) is 5.02 Å². The highest BCUT2D eigenvalue weighted by molar-refractivity contribution is 6.32. The minimum absolute atomic E-state index is 0.0742. The van der Waals surface area contributed by atoms with E-state index in [0.717, 1.165) is 18.7 Å². The van der Waals surface area contributed by atoms with Gasteiger partial charge in [-0.15, -0.1) is 0 Å². The highest BCUT2D eigenvalue weighted by Gasteiger charge is 2.28. The van der Waals surface area contributed by atoms with Gasteiger partial charge >= 0.3 is 0 Å². The van der Waals surface area contributed by atoms with Gasteiger partial charge in [0.25, 0.3) is 0 Å². The minimum Gasteiger partial charge on any atom is -0.491 e. The molecule has 1 N–H and O–H groups in total. The van der Waals surface area contributed by atoms with Crippen LogP contribution in [-0.4, -0.2) is 32.9 Å². The summed E-state index contributed by atoms with van der Waals surface area (Å²) in [5.74, 6) is 1.15. The lowest BCUT2D eigenvalue weighted by Crippen LogP contribution is -2.43. The Morgan fingerprint density at radius 3 is 2.70 bits per heavy atom. The Morgan fingerprint density at radius 2 is 2.00 bits per heavy atom. The van der Waals surface area contributed by atoms with E-state index in [4.69, 9.17) is 25.8 Å². The van der Waals surface area contributed by atoms with Crippen LogP contribution in [0.25, 0.3) is 0 Å². The van der Waals surface area contributed by atoms with E-state index in [-0.39, 0.29) is 12.2 Å². The number of morpholine rings is 1. The molecular formula is C18H20ClNO3. The third-order valence-electron chi connectivity index (χ3n) is 3.81. The second kappa shape index (κ2) is 7.68. The Bertz CT molecular complexity index is 629. The van der Waals surface area contributed by atoms with Crippen molar-refractivity contribution < 1.29 is 14.2 Å². The molecule has 2 atom stereocenters. The van der Waals surface area contributed by atoms with E-state index in [1.165, 1.54) is 0 Å². The van der Waals surface area contributed by atoms with Gasteiger partial charge in [0.05, 0.1) is 18.7 Å². The molecule has 5 heteroatoms. The lowest BCUT2D eigenvalue weighted by Gasteiger charge is -2.32. The Labute approximate surface area is 141 Å². The van der Waals surface area contributed by atoms with Crippen molar-refractivity contribution >= 4 is 11.6 Å². The maximum atomic E-state index is 6.27. The number of ether oxygens (including phenoxy) is 3. The van der Waals surface area contributed by atoms with Crippen molar-refractivity contribution in [2.24, 2.45) is 0 Å². The smallest absolute Gasteiger partial charge is 0.179 e. The molecule has 0 saturated carbocycles. The van der Waals surface area contributed by atoms with Crippen molar-refractivity contribution in [3.8, 4) is 11.5 Å². The van der Waals surface area contributed by atoms with Crippen LogP contribution in [0.15, 0.2) is 48.5 Å². The minimum atomic E-state index is -0.239. The van der Waals surface area contributed by atoms with Gasteiger partial charge in [0.1, 0.15) is 6.10 Å². The summed E-state index contributed by atoms with van der Waals surface area (Å²) >= 11 is 6.20. The molecule has 2 aromatic rings. The zero-order valence-corrected chi connectivity index (χ0v) is 13.8. The van der Waals surface area contributed by atoms with Crippen LogP contribution in [0, 0.1) is 0 Å². The molecule has 0 amide bonds. The number of hydrogen-bond donors (Lipinski definition) is 1. The Hall–Kier alpha value is -1.75. The fraction of sp³-hybridized carbons (Fsp3) is 0.333. The first-order chi connectivity index (χ1) is 11.3. The Morgan fingerprint density at radius 1 is 1.17 bits per heavy atom. The van der Waals surface area contributed by atoms with Gasteiger partial charge in [0.15, 0.2) is 17.6 Å². The van der Waals surface area contributed by atoms with Crippen molar-refractivity contribution in [2.45, 2.75) is 12.2 Å². The molecule has 1 heterocycles. The molecule has 1 aliphatic heterocycles. The topological polar surface area (TPSA) is 39.7 Å². The average Bonchev–Trinajstić information content (AvgIpc) is 2.61. The number of rotatable bonds is 5. The van der Waals surface area contributed by atoms with Crippen molar-refractivity contribution in [3.63, 3.8) is 0 Å². The van der Waals surface area contributed by atoms with E-state index in [2.05, 4.69) is 5.32 Å². The average molecular weight is 334 g/mol. The van der Waals surface area contributed by atoms with Crippen LogP contribution in [0.3, 0.4) is 0 Å². The maximum absolute atomic E-state index is 6.27. The van der Waals surface area contributed by atoms with Crippen molar-refractivity contribution in [1.29, 1.82) is 0 Å². The summed E-state index contributed by atoms with van der Waals surface area (Å²) in [6.07, 6.45) is -0.314. The lowest BCUT2D eigenvalue weighted by molar-refractivity contribution is -0.0438. The highest BCUT2D eigenvalue weighted by Crippen LogP contribution is 2.38. The Balaban J connectivity index is 1.91. The lowest BCUT2D eigenvalue weighted by atomic mass is 10.0. The standard InChI is InChI=1S/C18H20ClNO3/c1-21-18-14(19)8-5-9-15(18)23-17(13-6-3-2-4-7-13)16-12-20-10-11-22-16/h2-9,16-17,20H,10-12H2,1H3. The van der Waals surface area contributed by atoms with Crippen LogP contribution < -0.4 is 14.8 Å². The Kier molecular flexibility index (Phi) is 5.39. The molecule has 0 radical (unpaired) electrons. The number of methoxy groups -OCH3 is 1. The third-order valence-corrected chi connectivity index (χ3v) is 4.11. The summed E-state index contributed by atoms with van der Waals surface area (Å²) in [6, 6.07) is 15.6. The number of benzene rings is 2. The maximum Gasteiger partial charge on any atom is 0.179 e. The summed E-state index contributed by atoms with van der Waals surface area (Å²) in [6.45, 7) is 2.27. The SMILES string of the molecule is COc1c(Cl)cccc1OC(c1ccccc1)C1CNCCO1. The van der Waals surface area contributed by atoms with E-state index in [0.29, 0.717) is 23.1 Å². The first-order valence-electron chi connectivity index (χ1n) is 7.66. The van der Waals surface area contributed by atoms with Gasteiger partial charge in [-0.2, -0.15) is 0 Å². The van der Waals surface area contributed by atoms with E-state index in [9.17, 15) is 0 Å². The number of nitrogens with one attached hydrogen (secondary N) is 1. The molecule has 23 heavy (non-hydrogen) atoms. The van der Waals surface area contributed by atoms with E-state index in [1.807, 2.05) is 42.5 Å². The molecule has 0 bridgehead atoms. The van der Waals surface area contributed by atoms with Crippen LogP contribution in [0.5, 0.6) is 11.5 Å². The summed E-state index contributed by atoms with van der Waals surface area (Å²) in [5, 5.41) is 3.88. The molecule has 3 rings (SSSR count). The second-order valence-electron chi connectivity index (χ2n) is 5.33. The van der Waals surface area contributed by atoms with E-state index < -0.39 is 0 Å². The van der Waals surface area contributed by atoms with Gasteiger partial charge in [-0.1, -0.05) is 48.0 Å².